The highest BCUT2D eigenvalue weighted by Crippen LogP contribution is 2.20. The fraction of sp³-hybridized carbons (Fsp3) is 0.882. The third kappa shape index (κ3) is 5.66. The van der Waals surface area contributed by atoms with E-state index in [9.17, 15) is 0 Å². The summed E-state index contributed by atoms with van der Waals surface area (Å²) in [4.78, 5) is 2.70. The van der Waals surface area contributed by atoms with Gasteiger partial charge in [-0.1, -0.05) is 45.8 Å². The molecule has 0 aromatic heterocycles. The van der Waals surface area contributed by atoms with Crippen molar-refractivity contribution in [3.8, 4) is 0 Å². The molecule has 0 aromatic carbocycles. The topological polar surface area (TPSA) is 15.3 Å². The Morgan fingerprint density at radius 2 is 2.00 bits per heavy atom. The SMILES string of the molecule is CCC(C)C1CNC(CC(C)C)CN1CC=C(C)C. The molecule has 0 saturated carbocycles. The summed E-state index contributed by atoms with van der Waals surface area (Å²) >= 11 is 0. The van der Waals surface area contributed by atoms with Gasteiger partial charge in [0.15, 0.2) is 0 Å². The van der Waals surface area contributed by atoms with Crippen LogP contribution < -0.4 is 5.32 Å². The second-order valence-electron chi connectivity index (χ2n) is 6.92. The number of rotatable bonds is 6. The molecule has 1 aliphatic rings. The van der Waals surface area contributed by atoms with Gasteiger partial charge in [0.2, 0.25) is 0 Å². The van der Waals surface area contributed by atoms with Crippen LogP contribution in [-0.4, -0.2) is 36.6 Å². The van der Waals surface area contributed by atoms with Gasteiger partial charge in [0.05, 0.1) is 0 Å². The van der Waals surface area contributed by atoms with E-state index < -0.39 is 0 Å². The van der Waals surface area contributed by atoms with Gasteiger partial charge < -0.3 is 5.32 Å². The summed E-state index contributed by atoms with van der Waals surface area (Å²) in [7, 11) is 0. The second-order valence-corrected chi connectivity index (χ2v) is 6.92. The van der Waals surface area contributed by atoms with Crippen molar-refractivity contribution >= 4 is 0 Å². The molecule has 2 heteroatoms. The minimum absolute atomic E-state index is 0.672. The Morgan fingerprint density at radius 1 is 1.32 bits per heavy atom. The van der Waals surface area contributed by atoms with Crippen LogP contribution in [0.25, 0.3) is 0 Å². The number of nitrogens with zero attached hydrogens (tertiary/aromatic N) is 1. The van der Waals surface area contributed by atoms with Gasteiger partial charge in [-0.2, -0.15) is 0 Å². The van der Waals surface area contributed by atoms with E-state index >= 15 is 0 Å². The Labute approximate surface area is 120 Å². The highest BCUT2D eigenvalue weighted by molar-refractivity contribution is 4.98. The van der Waals surface area contributed by atoms with Crippen LogP contribution in [0, 0.1) is 11.8 Å². The minimum atomic E-state index is 0.672. The van der Waals surface area contributed by atoms with Crippen molar-refractivity contribution in [3.05, 3.63) is 11.6 Å². The molecular weight excluding hydrogens is 232 g/mol. The third-order valence-electron chi connectivity index (χ3n) is 4.33. The zero-order valence-electron chi connectivity index (χ0n) is 13.9. The Hall–Kier alpha value is -0.340. The van der Waals surface area contributed by atoms with Gasteiger partial charge in [-0.25, -0.2) is 0 Å². The van der Waals surface area contributed by atoms with Crippen molar-refractivity contribution < 1.29 is 0 Å². The molecule has 112 valence electrons. The summed E-state index contributed by atoms with van der Waals surface area (Å²) in [6, 6.07) is 1.37. The van der Waals surface area contributed by atoms with Gasteiger partial charge in [0.25, 0.3) is 0 Å². The van der Waals surface area contributed by atoms with Crippen LogP contribution in [0.3, 0.4) is 0 Å². The monoisotopic (exact) mass is 266 g/mol. The molecule has 19 heavy (non-hydrogen) atoms. The zero-order chi connectivity index (χ0) is 14.4. The first-order chi connectivity index (χ1) is 8.93. The van der Waals surface area contributed by atoms with E-state index in [1.165, 1.54) is 25.0 Å². The lowest BCUT2D eigenvalue weighted by molar-refractivity contribution is 0.0972. The molecule has 0 radical (unpaired) electrons. The Kier molecular flexibility index (Phi) is 7.09. The molecule has 1 rings (SSSR count). The number of piperazine rings is 1. The third-order valence-corrected chi connectivity index (χ3v) is 4.33. The summed E-state index contributed by atoms with van der Waals surface area (Å²) in [5.41, 5.74) is 1.43. The molecule has 0 bridgehead atoms. The largest absolute Gasteiger partial charge is 0.311 e. The fourth-order valence-corrected chi connectivity index (χ4v) is 2.97. The maximum atomic E-state index is 3.77. The standard InChI is InChI=1S/C17H34N2/c1-7-15(6)17-11-18-16(10-14(4)5)12-19(17)9-8-13(2)3/h8,14-18H,7,9-12H2,1-6H3. The van der Waals surface area contributed by atoms with Gasteiger partial charge in [0, 0.05) is 31.7 Å². The van der Waals surface area contributed by atoms with Crippen LogP contribution in [0.4, 0.5) is 0 Å². The van der Waals surface area contributed by atoms with Crippen LogP contribution in [0.2, 0.25) is 0 Å². The Balaban J connectivity index is 2.65. The molecule has 1 aliphatic heterocycles. The first-order valence-corrected chi connectivity index (χ1v) is 8.04. The van der Waals surface area contributed by atoms with E-state index in [-0.39, 0.29) is 0 Å². The highest BCUT2D eigenvalue weighted by atomic mass is 15.2. The summed E-state index contributed by atoms with van der Waals surface area (Å²) < 4.78 is 0. The zero-order valence-corrected chi connectivity index (χ0v) is 13.9. The highest BCUT2D eigenvalue weighted by Gasteiger charge is 2.30. The normalized spacial score (nSPS) is 26.5. The Bertz CT molecular complexity index is 279. The fourth-order valence-electron chi connectivity index (χ4n) is 2.97. The van der Waals surface area contributed by atoms with E-state index in [0.29, 0.717) is 12.1 Å². The van der Waals surface area contributed by atoms with E-state index in [0.717, 1.165) is 24.9 Å². The summed E-state index contributed by atoms with van der Waals surface area (Å²) in [5, 5.41) is 3.77. The minimum Gasteiger partial charge on any atom is -0.311 e. The lowest BCUT2D eigenvalue weighted by atomic mass is 9.92. The molecule has 0 amide bonds. The smallest absolute Gasteiger partial charge is 0.0250 e. The maximum absolute atomic E-state index is 3.77. The van der Waals surface area contributed by atoms with Gasteiger partial charge in [-0.05, 0) is 32.1 Å². The molecule has 1 saturated heterocycles. The molecule has 1 N–H and O–H groups in total. The lowest BCUT2D eigenvalue weighted by Gasteiger charge is -2.43. The molecule has 3 atom stereocenters. The van der Waals surface area contributed by atoms with E-state index in [4.69, 9.17) is 0 Å². The number of hydrogen-bond donors (Lipinski definition) is 1. The lowest BCUT2D eigenvalue weighted by Crippen LogP contribution is -2.58. The van der Waals surface area contributed by atoms with Crippen molar-refractivity contribution in [2.45, 2.75) is 66.5 Å². The second kappa shape index (κ2) is 8.06. The molecule has 3 unspecified atom stereocenters. The number of nitrogens with one attached hydrogen (secondary N) is 1. The first-order valence-electron chi connectivity index (χ1n) is 8.04. The van der Waals surface area contributed by atoms with E-state index in [2.05, 4.69) is 57.8 Å². The van der Waals surface area contributed by atoms with Crippen molar-refractivity contribution in [1.29, 1.82) is 0 Å². The Morgan fingerprint density at radius 3 is 2.53 bits per heavy atom. The quantitative estimate of drug-likeness (QED) is 0.738. The van der Waals surface area contributed by atoms with Crippen molar-refractivity contribution in [3.63, 3.8) is 0 Å². The molecule has 1 heterocycles. The summed E-state index contributed by atoms with van der Waals surface area (Å²) in [5.74, 6) is 1.56. The van der Waals surface area contributed by atoms with E-state index in [1.807, 2.05) is 0 Å². The van der Waals surface area contributed by atoms with Crippen molar-refractivity contribution in [2.24, 2.45) is 11.8 Å². The molecule has 0 aliphatic carbocycles. The number of hydrogen-bond acceptors (Lipinski definition) is 2. The molecule has 0 spiro atoms. The molecule has 1 fully saturated rings. The molecule has 0 aromatic rings. The molecule has 2 nitrogen and oxygen atoms in total. The van der Waals surface area contributed by atoms with Gasteiger partial charge >= 0.3 is 0 Å². The summed E-state index contributed by atoms with van der Waals surface area (Å²) in [6.45, 7) is 17.2. The first kappa shape index (κ1) is 16.7. The van der Waals surface area contributed by atoms with Gasteiger partial charge in [-0.3, -0.25) is 4.90 Å². The molecular formula is C17H34N2. The van der Waals surface area contributed by atoms with Gasteiger partial charge in [-0.15, -0.1) is 0 Å². The van der Waals surface area contributed by atoms with Gasteiger partial charge in [0.1, 0.15) is 0 Å². The summed E-state index contributed by atoms with van der Waals surface area (Å²) in [6.07, 6.45) is 4.94. The van der Waals surface area contributed by atoms with Crippen LogP contribution in [-0.2, 0) is 0 Å². The number of allylic oxidation sites excluding steroid dienone is 1. The van der Waals surface area contributed by atoms with Crippen LogP contribution in [0.5, 0.6) is 0 Å². The van der Waals surface area contributed by atoms with Crippen LogP contribution >= 0.6 is 0 Å². The average molecular weight is 266 g/mol. The van der Waals surface area contributed by atoms with Crippen molar-refractivity contribution in [1.82, 2.24) is 10.2 Å². The average Bonchev–Trinajstić information content (AvgIpc) is 2.35. The van der Waals surface area contributed by atoms with Crippen LogP contribution in [0.15, 0.2) is 11.6 Å². The predicted molar refractivity (Wildman–Crippen MR) is 85.5 cm³/mol. The maximum Gasteiger partial charge on any atom is 0.0250 e. The van der Waals surface area contributed by atoms with Crippen LogP contribution in [0.1, 0.15) is 54.4 Å². The van der Waals surface area contributed by atoms with E-state index in [1.54, 1.807) is 0 Å². The van der Waals surface area contributed by atoms with Crippen molar-refractivity contribution in [2.75, 3.05) is 19.6 Å². The predicted octanol–water partition coefficient (Wildman–Crippen LogP) is 3.69.